The van der Waals surface area contributed by atoms with Gasteiger partial charge in [0, 0.05) is 57.7 Å². The van der Waals surface area contributed by atoms with Crippen molar-refractivity contribution in [1.82, 2.24) is 29.4 Å². The molecule has 3 heterocycles. The zero-order chi connectivity index (χ0) is 18.0. The maximum atomic E-state index is 12.6. The summed E-state index contributed by atoms with van der Waals surface area (Å²) in [6, 6.07) is 1.57. The zero-order valence-electron chi connectivity index (χ0n) is 14.4. The summed E-state index contributed by atoms with van der Waals surface area (Å²) in [5.41, 5.74) is 2.54. The van der Waals surface area contributed by atoms with Gasteiger partial charge < -0.3 is 10.0 Å². The molecule has 134 valence electrons. The number of carbonyl (C=O) groups is 2. The summed E-state index contributed by atoms with van der Waals surface area (Å²) in [6.45, 7) is 5.26. The highest BCUT2D eigenvalue weighted by atomic mass is 16.4. The number of hydrogen-bond acceptors (Lipinski definition) is 5. The number of hydrogen-bond donors (Lipinski definition) is 1. The summed E-state index contributed by atoms with van der Waals surface area (Å²) in [5.74, 6) is -1.19. The lowest BCUT2D eigenvalue weighted by Crippen LogP contribution is -2.48. The SMILES string of the molecule is Cc1nn(C)cc1CN1CCN(C(=O)c2ccnn2CC(=O)O)CC1. The number of aliphatic carboxylic acids is 1. The van der Waals surface area contributed by atoms with Crippen molar-refractivity contribution in [3.05, 3.63) is 35.4 Å². The highest BCUT2D eigenvalue weighted by Gasteiger charge is 2.25. The number of amides is 1. The summed E-state index contributed by atoms with van der Waals surface area (Å²) in [5, 5.41) is 17.2. The minimum atomic E-state index is -1.02. The number of carboxylic acid groups (broad SMARTS) is 1. The van der Waals surface area contributed by atoms with Gasteiger partial charge in [-0.05, 0) is 13.0 Å². The smallest absolute Gasteiger partial charge is 0.325 e. The van der Waals surface area contributed by atoms with Crippen LogP contribution in [0.2, 0.25) is 0 Å². The van der Waals surface area contributed by atoms with Gasteiger partial charge in [-0.2, -0.15) is 10.2 Å². The van der Waals surface area contributed by atoms with Crippen molar-refractivity contribution in [1.29, 1.82) is 0 Å². The fraction of sp³-hybridized carbons (Fsp3) is 0.500. The molecular formula is C16H22N6O3. The van der Waals surface area contributed by atoms with Gasteiger partial charge in [0.1, 0.15) is 12.2 Å². The number of nitrogens with zero attached hydrogens (tertiary/aromatic N) is 6. The fourth-order valence-corrected chi connectivity index (χ4v) is 3.08. The second-order valence-corrected chi connectivity index (χ2v) is 6.25. The Hall–Kier alpha value is -2.68. The van der Waals surface area contributed by atoms with E-state index in [1.54, 1.807) is 11.0 Å². The first kappa shape index (κ1) is 17.2. The average molecular weight is 346 g/mol. The van der Waals surface area contributed by atoms with E-state index >= 15 is 0 Å². The fourth-order valence-electron chi connectivity index (χ4n) is 3.08. The Morgan fingerprint density at radius 3 is 2.56 bits per heavy atom. The van der Waals surface area contributed by atoms with Crippen LogP contribution in [0.15, 0.2) is 18.5 Å². The van der Waals surface area contributed by atoms with Gasteiger partial charge >= 0.3 is 5.97 Å². The minimum Gasteiger partial charge on any atom is -0.480 e. The van der Waals surface area contributed by atoms with E-state index in [-0.39, 0.29) is 12.5 Å². The molecule has 0 saturated carbocycles. The molecule has 9 nitrogen and oxygen atoms in total. The molecule has 1 saturated heterocycles. The summed E-state index contributed by atoms with van der Waals surface area (Å²) >= 11 is 0. The predicted molar refractivity (Wildman–Crippen MR) is 89.0 cm³/mol. The molecule has 0 aliphatic carbocycles. The first-order valence-electron chi connectivity index (χ1n) is 8.18. The van der Waals surface area contributed by atoms with Gasteiger partial charge in [-0.25, -0.2) is 4.68 Å². The van der Waals surface area contributed by atoms with Gasteiger partial charge in [-0.3, -0.25) is 19.2 Å². The van der Waals surface area contributed by atoms with Gasteiger partial charge in [0.15, 0.2) is 0 Å². The van der Waals surface area contributed by atoms with Gasteiger partial charge in [0.05, 0.1) is 5.69 Å². The molecule has 1 aliphatic heterocycles. The van der Waals surface area contributed by atoms with Crippen LogP contribution < -0.4 is 0 Å². The molecular weight excluding hydrogens is 324 g/mol. The molecule has 1 aliphatic rings. The Balaban J connectivity index is 1.58. The number of carbonyl (C=O) groups excluding carboxylic acids is 1. The number of carboxylic acids is 1. The van der Waals surface area contributed by atoms with Gasteiger partial charge in [0.25, 0.3) is 5.91 Å². The molecule has 2 aromatic heterocycles. The van der Waals surface area contributed by atoms with E-state index in [2.05, 4.69) is 15.1 Å². The monoisotopic (exact) mass is 346 g/mol. The van der Waals surface area contributed by atoms with Gasteiger partial charge in [0.2, 0.25) is 0 Å². The zero-order valence-corrected chi connectivity index (χ0v) is 14.4. The Bertz CT molecular complexity index is 773. The highest BCUT2D eigenvalue weighted by Crippen LogP contribution is 2.13. The van der Waals surface area contributed by atoms with E-state index < -0.39 is 5.97 Å². The average Bonchev–Trinajstić information content (AvgIpc) is 3.13. The maximum absolute atomic E-state index is 12.6. The van der Waals surface area contributed by atoms with Crippen LogP contribution in [0.4, 0.5) is 0 Å². The van der Waals surface area contributed by atoms with Crippen molar-refractivity contribution in [3.8, 4) is 0 Å². The molecule has 1 N–H and O–H groups in total. The lowest BCUT2D eigenvalue weighted by atomic mass is 10.2. The quantitative estimate of drug-likeness (QED) is 0.817. The topological polar surface area (TPSA) is 96.5 Å². The van der Waals surface area contributed by atoms with Crippen LogP contribution in [0.25, 0.3) is 0 Å². The number of piperazine rings is 1. The summed E-state index contributed by atoms with van der Waals surface area (Å²) < 4.78 is 3.05. The summed E-state index contributed by atoms with van der Waals surface area (Å²) in [7, 11) is 1.91. The molecule has 0 radical (unpaired) electrons. The normalized spacial score (nSPS) is 15.5. The minimum absolute atomic E-state index is 0.170. The van der Waals surface area contributed by atoms with Crippen molar-refractivity contribution in [2.75, 3.05) is 26.2 Å². The Labute approximate surface area is 145 Å². The van der Waals surface area contributed by atoms with Crippen LogP contribution in [-0.2, 0) is 24.9 Å². The predicted octanol–water partition coefficient (Wildman–Crippen LogP) is -0.0324. The van der Waals surface area contributed by atoms with Crippen molar-refractivity contribution >= 4 is 11.9 Å². The van der Waals surface area contributed by atoms with E-state index in [0.717, 1.165) is 25.3 Å². The van der Waals surface area contributed by atoms with Crippen LogP contribution in [0, 0.1) is 6.92 Å². The van der Waals surface area contributed by atoms with E-state index in [4.69, 9.17) is 5.11 Å². The lowest BCUT2D eigenvalue weighted by molar-refractivity contribution is -0.137. The third kappa shape index (κ3) is 3.87. The second-order valence-electron chi connectivity index (χ2n) is 6.25. The Morgan fingerprint density at radius 1 is 1.24 bits per heavy atom. The van der Waals surface area contributed by atoms with Crippen molar-refractivity contribution in [2.45, 2.75) is 20.0 Å². The van der Waals surface area contributed by atoms with E-state index in [1.165, 1.54) is 16.4 Å². The van der Waals surface area contributed by atoms with Crippen LogP contribution in [0.3, 0.4) is 0 Å². The highest BCUT2D eigenvalue weighted by molar-refractivity contribution is 5.93. The molecule has 1 fully saturated rings. The van der Waals surface area contributed by atoms with Gasteiger partial charge in [-0.1, -0.05) is 0 Å². The maximum Gasteiger partial charge on any atom is 0.325 e. The van der Waals surface area contributed by atoms with Crippen molar-refractivity contribution < 1.29 is 14.7 Å². The molecule has 0 aromatic carbocycles. The number of aromatic nitrogens is 4. The molecule has 2 aromatic rings. The Morgan fingerprint density at radius 2 is 1.96 bits per heavy atom. The molecule has 3 rings (SSSR count). The van der Waals surface area contributed by atoms with E-state index in [0.29, 0.717) is 18.8 Å². The van der Waals surface area contributed by atoms with Crippen LogP contribution in [0.5, 0.6) is 0 Å². The number of aryl methyl sites for hydroxylation is 2. The molecule has 0 spiro atoms. The largest absolute Gasteiger partial charge is 0.480 e. The molecule has 25 heavy (non-hydrogen) atoms. The second kappa shape index (κ2) is 7.06. The molecule has 1 amide bonds. The van der Waals surface area contributed by atoms with E-state index in [9.17, 15) is 9.59 Å². The first-order valence-corrected chi connectivity index (χ1v) is 8.18. The van der Waals surface area contributed by atoms with E-state index in [1.807, 2.05) is 24.9 Å². The van der Waals surface area contributed by atoms with Crippen LogP contribution >= 0.6 is 0 Å². The summed E-state index contributed by atoms with van der Waals surface area (Å²) in [4.78, 5) is 27.5. The molecule has 0 bridgehead atoms. The number of rotatable bonds is 5. The van der Waals surface area contributed by atoms with Crippen LogP contribution in [-0.4, -0.2) is 72.5 Å². The van der Waals surface area contributed by atoms with Crippen molar-refractivity contribution in [2.24, 2.45) is 7.05 Å². The third-order valence-corrected chi connectivity index (χ3v) is 4.39. The standard InChI is InChI=1S/C16H22N6O3/c1-12-13(9-19(2)18-12)10-20-5-7-21(8-6-20)16(25)14-3-4-17-22(14)11-15(23)24/h3-4,9H,5-8,10-11H2,1-2H3,(H,23,24). The first-order chi connectivity index (χ1) is 11.9. The lowest BCUT2D eigenvalue weighted by Gasteiger charge is -2.34. The van der Waals surface area contributed by atoms with Gasteiger partial charge in [-0.15, -0.1) is 0 Å². The summed E-state index contributed by atoms with van der Waals surface area (Å²) in [6.07, 6.45) is 3.48. The Kier molecular flexibility index (Phi) is 4.84. The molecule has 0 unspecified atom stereocenters. The molecule has 9 heteroatoms. The van der Waals surface area contributed by atoms with Crippen molar-refractivity contribution in [3.63, 3.8) is 0 Å². The third-order valence-electron chi connectivity index (χ3n) is 4.39. The van der Waals surface area contributed by atoms with Crippen LogP contribution in [0.1, 0.15) is 21.7 Å². The molecule has 0 atom stereocenters.